The number of anilines is 1. The lowest BCUT2D eigenvalue weighted by Crippen LogP contribution is -2.36. The molecule has 0 spiro atoms. The maximum atomic E-state index is 14.2. The lowest BCUT2D eigenvalue weighted by atomic mass is 10.0. The normalized spacial score (nSPS) is 15.3. The highest BCUT2D eigenvalue weighted by Gasteiger charge is 2.46. The molecule has 0 saturated carbocycles. The Morgan fingerprint density at radius 2 is 1.67 bits per heavy atom. The third-order valence-electron chi connectivity index (χ3n) is 7.36. The fourth-order valence-electron chi connectivity index (χ4n) is 5.69. The Morgan fingerprint density at radius 1 is 0.976 bits per heavy atom. The van der Waals surface area contributed by atoms with Gasteiger partial charge in [0.2, 0.25) is 0 Å². The molecule has 1 atom stereocenters. The van der Waals surface area contributed by atoms with Crippen LogP contribution in [-0.2, 0) is 13.6 Å². The molecule has 0 N–H and O–H groups in total. The molecule has 5 aromatic rings. The number of rotatable bonds is 5. The van der Waals surface area contributed by atoms with E-state index in [9.17, 15) is 22.8 Å². The van der Waals surface area contributed by atoms with Crippen LogP contribution in [0, 0.1) is 0 Å². The monoisotopic (exact) mass is 613 g/mol. The van der Waals surface area contributed by atoms with Gasteiger partial charge < -0.3 is 13.7 Å². The fraction of sp³-hybridized carbons (Fsp3) is 0.233. The van der Waals surface area contributed by atoms with Crippen molar-refractivity contribution in [2.75, 3.05) is 4.90 Å². The summed E-state index contributed by atoms with van der Waals surface area (Å²) in [5.41, 5.74) is 1.37. The minimum absolute atomic E-state index is 0.0458. The van der Waals surface area contributed by atoms with E-state index in [1.54, 1.807) is 59.2 Å². The molecule has 4 heterocycles. The SMILES string of the molecule is CC(C)n1c(-c2cc3ccccc3n2CC(F)(F)F)nc2c1C(c1ccc(Cl)cc1)N(c1cc(Cl)cn(C)c1=O)C2=O. The van der Waals surface area contributed by atoms with Gasteiger partial charge in [-0.2, -0.15) is 13.2 Å². The van der Waals surface area contributed by atoms with Crippen molar-refractivity contribution in [2.45, 2.75) is 38.7 Å². The van der Waals surface area contributed by atoms with Crippen LogP contribution in [0.4, 0.5) is 18.9 Å². The average molecular weight is 614 g/mol. The molecule has 0 aliphatic carbocycles. The van der Waals surface area contributed by atoms with Gasteiger partial charge in [0.1, 0.15) is 18.3 Å². The van der Waals surface area contributed by atoms with Crippen molar-refractivity contribution < 1.29 is 18.0 Å². The van der Waals surface area contributed by atoms with Gasteiger partial charge in [0, 0.05) is 35.2 Å². The number of aromatic nitrogens is 4. The number of aryl methyl sites for hydroxylation is 1. The Balaban J connectivity index is 1.65. The van der Waals surface area contributed by atoms with Crippen molar-refractivity contribution in [3.8, 4) is 11.5 Å². The summed E-state index contributed by atoms with van der Waals surface area (Å²) < 4.78 is 45.7. The molecule has 0 fully saturated rings. The third kappa shape index (κ3) is 4.59. The van der Waals surface area contributed by atoms with Gasteiger partial charge in [-0.3, -0.25) is 14.5 Å². The Kier molecular flexibility index (Phi) is 6.74. The van der Waals surface area contributed by atoms with Crippen LogP contribution in [0.2, 0.25) is 10.0 Å². The molecule has 1 unspecified atom stereocenters. The van der Waals surface area contributed by atoms with Crippen LogP contribution in [0.1, 0.15) is 47.7 Å². The first kappa shape index (κ1) is 28.1. The Labute approximate surface area is 248 Å². The summed E-state index contributed by atoms with van der Waals surface area (Å²) in [5, 5.41) is 1.34. The molecule has 2 aromatic carbocycles. The molecule has 0 saturated heterocycles. The predicted molar refractivity (Wildman–Crippen MR) is 156 cm³/mol. The van der Waals surface area contributed by atoms with Gasteiger partial charge in [-0.1, -0.05) is 53.5 Å². The quantitative estimate of drug-likeness (QED) is 0.207. The Bertz CT molecular complexity index is 1920. The zero-order valence-electron chi connectivity index (χ0n) is 22.7. The van der Waals surface area contributed by atoms with Gasteiger partial charge in [0.05, 0.1) is 16.4 Å². The summed E-state index contributed by atoms with van der Waals surface area (Å²) >= 11 is 12.5. The number of nitrogens with zero attached hydrogens (tertiary/aromatic N) is 5. The van der Waals surface area contributed by atoms with Crippen LogP contribution in [0.15, 0.2) is 71.7 Å². The molecule has 1 aliphatic heterocycles. The lowest BCUT2D eigenvalue weighted by molar-refractivity contribution is -0.139. The number of benzene rings is 2. The number of para-hydroxylation sites is 1. The second-order valence-corrected chi connectivity index (χ2v) is 11.4. The number of halogens is 5. The van der Waals surface area contributed by atoms with Crippen LogP contribution in [-0.4, -0.2) is 30.8 Å². The summed E-state index contributed by atoms with van der Waals surface area (Å²) in [4.78, 5) is 33.5. The molecule has 1 amide bonds. The molecule has 1 aliphatic rings. The summed E-state index contributed by atoms with van der Waals surface area (Å²) in [6, 6.07) is 15.6. The van der Waals surface area contributed by atoms with Gasteiger partial charge in [-0.25, -0.2) is 4.98 Å². The number of carbonyl (C=O) groups is 1. The second kappa shape index (κ2) is 10.1. The van der Waals surface area contributed by atoms with Crippen molar-refractivity contribution in [1.82, 2.24) is 18.7 Å². The summed E-state index contributed by atoms with van der Waals surface area (Å²) in [6.07, 6.45) is -3.05. The number of fused-ring (bicyclic) bond motifs is 2. The fourth-order valence-corrected chi connectivity index (χ4v) is 6.07. The molecule has 7 nitrogen and oxygen atoms in total. The minimum Gasteiger partial charge on any atom is -0.329 e. The van der Waals surface area contributed by atoms with E-state index >= 15 is 0 Å². The molecule has 3 aromatic heterocycles. The van der Waals surface area contributed by atoms with E-state index in [0.29, 0.717) is 27.2 Å². The first-order chi connectivity index (χ1) is 19.9. The van der Waals surface area contributed by atoms with Crippen molar-refractivity contribution in [2.24, 2.45) is 7.05 Å². The zero-order valence-corrected chi connectivity index (χ0v) is 24.2. The van der Waals surface area contributed by atoms with E-state index in [0.717, 1.165) is 0 Å². The van der Waals surface area contributed by atoms with E-state index < -0.39 is 30.2 Å². The number of alkyl halides is 3. The number of imidazole rings is 1. The van der Waals surface area contributed by atoms with Gasteiger partial charge in [-0.05, 0) is 49.7 Å². The largest absolute Gasteiger partial charge is 0.406 e. The second-order valence-electron chi connectivity index (χ2n) is 10.5. The minimum atomic E-state index is -4.50. The lowest BCUT2D eigenvalue weighted by Gasteiger charge is -2.28. The molecule has 12 heteroatoms. The van der Waals surface area contributed by atoms with Gasteiger partial charge >= 0.3 is 6.18 Å². The standard InChI is InChI=1S/C30H24Cl2F3N5O2/c1-16(2)39-26-24(36-27(39)22-12-18-6-4-5-7-21(18)38(22)15-30(33,34)35)29(42)40(23-13-20(32)14-37(3)28(23)41)25(26)17-8-10-19(31)11-9-17/h4-14,16,25H,15H2,1-3H3. The number of hydrogen-bond donors (Lipinski definition) is 0. The summed E-state index contributed by atoms with van der Waals surface area (Å²) in [7, 11) is 1.53. The summed E-state index contributed by atoms with van der Waals surface area (Å²) in [6.45, 7) is 2.50. The maximum Gasteiger partial charge on any atom is 0.406 e. The Morgan fingerprint density at radius 3 is 2.33 bits per heavy atom. The number of hydrogen-bond acceptors (Lipinski definition) is 3. The highest BCUT2D eigenvalue weighted by molar-refractivity contribution is 6.31. The first-order valence-electron chi connectivity index (χ1n) is 13.1. The van der Waals surface area contributed by atoms with Crippen LogP contribution in [0.3, 0.4) is 0 Å². The Hall–Kier alpha value is -4.02. The number of pyridine rings is 1. The van der Waals surface area contributed by atoms with Crippen molar-refractivity contribution in [1.29, 1.82) is 0 Å². The van der Waals surface area contributed by atoms with Crippen LogP contribution in [0.25, 0.3) is 22.4 Å². The molecule has 0 bridgehead atoms. The number of amides is 1. The average Bonchev–Trinajstić information content (AvgIpc) is 3.55. The molecular weight excluding hydrogens is 590 g/mol. The van der Waals surface area contributed by atoms with Crippen LogP contribution >= 0.6 is 23.2 Å². The smallest absolute Gasteiger partial charge is 0.329 e. The maximum absolute atomic E-state index is 14.2. The molecule has 216 valence electrons. The third-order valence-corrected chi connectivity index (χ3v) is 7.82. The van der Waals surface area contributed by atoms with Crippen LogP contribution in [0.5, 0.6) is 0 Å². The topological polar surface area (TPSA) is 65.1 Å². The zero-order chi connectivity index (χ0) is 30.1. The molecule has 6 rings (SSSR count). The van der Waals surface area contributed by atoms with Crippen molar-refractivity contribution in [3.05, 3.63) is 104 Å². The predicted octanol–water partition coefficient (Wildman–Crippen LogP) is 7.40. The van der Waals surface area contributed by atoms with Crippen molar-refractivity contribution >= 4 is 45.7 Å². The van der Waals surface area contributed by atoms with Gasteiger partial charge in [0.25, 0.3) is 11.5 Å². The molecule has 0 radical (unpaired) electrons. The first-order valence-corrected chi connectivity index (χ1v) is 13.8. The highest BCUT2D eigenvalue weighted by Crippen LogP contribution is 2.45. The van der Waals surface area contributed by atoms with Crippen LogP contribution < -0.4 is 10.5 Å². The van der Waals surface area contributed by atoms with Crippen molar-refractivity contribution in [3.63, 3.8) is 0 Å². The molecular formula is C30H24Cl2F3N5O2. The van der Waals surface area contributed by atoms with E-state index in [4.69, 9.17) is 28.2 Å². The highest BCUT2D eigenvalue weighted by atomic mass is 35.5. The van der Waals surface area contributed by atoms with Gasteiger partial charge in [0.15, 0.2) is 11.5 Å². The van der Waals surface area contributed by atoms with E-state index in [2.05, 4.69) is 0 Å². The number of carbonyl (C=O) groups excluding carboxylic acids is 1. The van der Waals surface area contributed by atoms with E-state index in [1.807, 2.05) is 13.8 Å². The van der Waals surface area contributed by atoms with Gasteiger partial charge in [-0.15, -0.1) is 0 Å². The molecule has 42 heavy (non-hydrogen) atoms. The summed E-state index contributed by atoms with van der Waals surface area (Å²) in [5.74, 6) is -0.343. The van der Waals surface area contributed by atoms with E-state index in [-0.39, 0.29) is 34.0 Å². The van der Waals surface area contributed by atoms with E-state index in [1.165, 1.54) is 33.3 Å².